The summed E-state index contributed by atoms with van der Waals surface area (Å²) in [6.07, 6.45) is 48.9. The highest BCUT2D eigenvalue weighted by Crippen LogP contribution is 2.15. The topological polar surface area (TPSA) is 95.9 Å². The zero-order valence-corrected chi connectivity index (χ0v) is 36.2. The minimum Gasteiger partial charge on any atom is -0.466 e. The third-order valence-electron chi connectivity index (χ3n) is 11.1. The Bertz CT molecular complexity index is 802. The van der Waals surface area contributed by atoms with Crippen LogP contribution >= 0.6 is 0 Å². The Hall–Kier alpha value is -1.40. The normalized spacial score (nSPS) is 12.7. The third-order valence-corrected chi connectivity index (χ3v) is 11.1. The van der Waals surface area contributed by atoms with E-state index >= 15 is 0 Å². The SMILES string of the molecule is CCCCCCCCC/C=C\CCCCCCCC(=O)OCCCCCCCCCCCCCCC(=O)NC(CO)C(O)CCCCCCCCCCC. The Morgan fingerprint density at radius 3 is 1.31 bits per heavy atom. The molecule has 0 aliphatic carbocycles. The molecule has 0 bridgehead atoms. The molecule has 2 atom stereocenters. The number of amides is 1. The van der Waals surface area contributed by atoms with Crippen molar-refractivity contribution in [3.8, 4) is 0 Å². The maximum atomic E-state index is 12.4. The minimum atomic E-state index is -0.671. The maximum Gasteiger partial charge on any atom is 0.305 e. The summed E-state index contributed by atoms with van der Waals surface area (Å²) in [4.78, 5) is 24.4. The summed E-state index contributed by atoms with van der Waals surface area (Å²) in [6.45, 7) is 4.89. The van der Waals surface area contributed by atoms with Gasteiger partial charge in [0.15, 0.2) is 0 Å². The number of hydrogen-bond acceptors (Lipinski definition) is 5. The molecule has 0 spiro atoms. The molecule has 0 radical (unpaired) electrons. The second kappa shape index (κ2) is 44.3. The summed E-state index contributed by atoms with van der Waals surface area (Å²) in [7, 11) is 0. The number of carbonyl (C=O) groups is 2. The largest absolute Gasteiger partial charge is 0.466 e. The van der Waals surface area contributed by atoms with Gasteiger partial charge in [-0.1, -0.05) is 206 Å². The van der Waals surface area contributed by atoms with E-state index < -0.39 is 12.1 Å². The Labute approximate surface area is 336 Å². The van der Waals surface area contributed by atoms with E-state index in [1.807, 2.05) is 0 Å². The number of hydrogen-bond donors (Lipinski definition) is 3. The second-order valence-corrected chi connectivity index (χ2v) is 16.4. The van der Waals surface area contributed by atoms with E-state index in [-0.39, 0.29) is 18.5 Å². The first-order chi connectivity index (χ1) is 26.5. The van der Waals surface area contributed by atoms with Gasteiger partial charge < -0.3 is 20.3 Å². The Kier molecular flexibility index (Phi) is 43.2. The summed E-state index contributed by atoms with van der Waals surface area (Å²) in [6, 6.07) is -0.550. The summed E-state index contributed by atoms with van der Waals surface area (Å²) in [5.74, 6) is -0.0706. The van der Waals surface area contributed by atoms with Crippen molar-refractivity contribution in [1.29, 1.82) is 0 Å². The quantitative estimate of drug-likeness (QED) is 0.0326. The van der Waals surface area contributed by atoms with Crippen LogP contribution < -0.4 is 5.32 Å². The van der Waals surface area contributed by atoms with Crippen molar-refractivity contribution in [1.82, 2.24) is 5.32 Å². The molecule has 0 fully saturated rings. The molecule has 0 saturated carbocycles. The van der Waals surface area contributed by atoms with Gasteiger partial charge in [0.25, 0.3) is 0 Å². The van der Waals surface area contributed by atoms with Crippen molar-refractivity contribution >= 4 is 11.9 Å². The van der Waals surface area contributed by atoms with Crippen molar-refractivity contribution < 1.29 is 24.5 Å². The Balaban J connectivity index is 3.43. The lowest BCUT2D eigenvalue weighted by molar-refractivity contribution is -0.143. The van der Waals surface area contributed by atoms with Crippen molar-refractivity contribution in [3.05, 3.63) is 12.2 Å². The summed E-state index contributed by atoms with van der Waals surface area (Å²) in [5.41, 5.74) is 0. The Morgan fingerprint density at radius 1 is 0.500 bits per heavy atom. The number of esters is 1. The van der Waals surface area contributed by atoms with E-state index in [1.165, 1.54) is 167 Å². The van der Waals surface area contributed by atoms with Crippen LogP contribution in [-0.2, 0) is 14.3 Å². The number of aliphatic hydroxyl groups is 2. The van der Waals surface area contributed by atoms with Gasteiger partial charge in [-0.05, 0) is 51.4 Å². The molecular weight excluding hydrogens is 671 g/mol. The summed E-state index contributed by atoms with van der Waals surface area (Å²) >= 11 is 0. The molecule has 3 N–H and O–H groups in total. The van der Waals surface area contributed by atoms with Crippen LogP contribution in [0.5, 0.6) is 0 Å². The molecular formula is C48H93NO5. The number of rotatable bonds is 44. The van der Waals surface area contributed by atoms with E-state index in [1.54, 1.807) is 0 Å². The van der Waals surface area contributed by atoms with Gasteiger partial charge in [-0.15, -0.1) is 0 Å². The molecule has 0 aromatic rings. The molecule has 6 nitrogen and oxygen atoms in total. The van der Waals surface area contributed by atoms with Gasteiger partial charge in [-0.25, -0.2) is 0 Å². The number of carbonyl (C=O) groups excluding carboxylic acids is 2. The fraction of sp³-hybridized carbons (Fsp3) is 0.917. The van der Waals surface area contributed by atoms with E-state index in [4.69, 9.17) is 4.74 Å². The fourth-order valence-corrected chi connectivity index (χ4v) is 7.34. The standard InChI is InChI=1S/C48H93NO5/c1-3-5-7-9-11-13-14-15-16-17-18-22-26-30-34-38-42-48(53)54-43-39-35-31-27-23-20-19-21-25-29-33-37-41-47(52)49-45(44-50)46(51)40-36-32-28-24-12-10-8-6-4-2/h16-17,45-46,50-51H,3-15,18-44H2,1-2H3,(H,49,52)/b17-16-. The fourth-order valence-electron chi connectivity index (χ4n) is 7.34. The van der Waals surface area contributed by atoms with Crippen LogP contribution in [0, 0.1) is 0 Å². The molecule has 0 aromatic carbocycles. The molecule has 0 heterocycles. The molecule has 0 aliphatic heterocycles. The monoisotopic (exact) mass is 764 g/mol. The first-order valence-corrected chi connectivity index (χ1v) is 23.9. The van der Waals surface area contributed by atoms with Crippen LogP contribution in [0.4, 0.5) is 0 Å². The van der Waals surface area contributed by atoms with Gasteiger partial charge >= 0.3 is 5.97 Å². The molecule has 0 aliphatic rings. The van der Waals surface area contributed by atoms with Gasteiger partial charge in [0.2, 0.25) is 5.91 Å². The van der Waals surface area contributed by atoms with Gasteiger partial charge in [0, 0.05) is 12.8 Å². The molecule has 320 valence electrons. The number of ether oxygens (including phenoxy) is 1. The lowest BCUT2D eigenvalue weighted by Crippen LogP contribution is -2.45. The van der Waals surface area contributed by atoms with Gasteiger partial charge in [0.05, 0.1) is 25.4 Å². The molecule has 1 amide bonds. The van der Waals surface area contributed by atoms with Crippen molar-refractivity contribution in [2.24, 2.45) is 0 Å². The summed E-state index contributed by atoms with van der Waals surface area (Å²) in [5, 5.41) is 23.0. The zero-order chi connectivity index (χ0) is 39.4. The smallest absolute Gasteiger partial charge is 0.305 e. The number of allylic oxidation sites excluding steroid dienone is 2. The number of aliphatic hydroxyl groups excluding tert-OH is 2. The van der Waals surface area contributed by atoms with Crippen molar-refractivity contribution in [3.63, 3.8) is 0 Å². The van der Waals surface area contributed by atoms with Crippen LogP contribution in [0.3, 0.4) is 0 Å². The van der Waals surface area contributed by atoms with E-state index in [2.05, 4.69) is 31.3 Å². The zero-order valence-electron chi connectivity index (χ0n) is 36.2. The van der Waals surface area contributed by atoms with Crippen molar-refractivity contribution in [2.75, 3.05) is 13.2 Å². The average Bonchev–Trinajstić information content (AvgIpc) is 3.17. The van der Waals surface area contributed by atoms with Gasteiger partial charge in [-0.2, -0.15) is 0 Å². The molecule has 0 aromatic heterocycles. The van der Waals surface area contributed by atoms with Gasteiger partial charge in [0.1, 0.15) is 0 Å². The molecule has 0 rings (SSSR count). The highest BCUT2D eigenvalue weighted by Gasteiger charge is 2.20. The first-order valence-electron chi connectivity index (χ1n) is 23.9. The highest BCUT2D eigenvalue weighted by molar-refractivity contribution is 5.76. The first kappa shape index (κ1) is 52.6. The minimum absolute atomic E-state index is 0.0171. The van der Waals surface area contributed by atoms with Crippen LogP contribution in [0.25, 0.3) is 0 Å². The molecule has 6 heteroatoms. The van der Waals surface area contributed by atoms with E-state index in [9.17, 15) is 19.8 Å². The number of unbranched alkanes of at least 4 members (excludes halogenated alkanes) is 31. The van der Waals surface area contributed by atoms with Crippen LogP contribution in [0.1, 0.15) is 258 Å². The average molecular weight is 764 g/mol. The lowest BCUT2D eigenvalue weighted by Gasteiger charge is -2.22. The molecule has 0 saturated heterocycles. The van der Waals surface area contributed by atoms with Crippen molar-refractivity contribution in [2.45, 2.75) is 270 Å². The van der Waals surface area contributed by atoms with Crippen LogP contribution in [0.2, 0.25) is 0 Å². The second-order valence-electron chi connectivity index (χ2n) is 16.4. The maximum absolute atomic E-state index is 12.4. The number of nitrogens with one attached hydrogen (secondary N) is 1. The highest BCUT2D eigenvalue weighted by atomic mass is 16.5. The van der Waals surface area contributed by atoms with E-state index in [0.717, 1.165) is 57.8 Å². The van der Waals surface area contributed by atoms with Crippen LogP contribution in [-0.4, -0.2) is 47.4 Å². The lowest BCUT2D eigenvalue weighted by atomic mass is 10.0. The molecule has 54 heavy (non-hydrogen) atoms. The molecule has 2 unspecified atom stereocenters. The predicted molar refractivity (Wildman–Crippen MR) is 232 cm³/mol. The summed E-state index contributed by atoms with van der Waals surface area (Å²) < 4.78 is 5.45. The Morgan fingerprint density at radius 2 is 0.870 bits per heavy atom. The van der Waals surface area contributed by atoms with Gasteiger partial charge in [-0.3, -0.25) is 9.59 Å². The van der Waals surface area contributed by atoms with Crippen LogP contribution in [0.15, 0.2) is 12.2 Å². The van der Waals surface area contributed by atoms with E-state index in [0.29, 0.717) is 25.9 Å². The third kappa shape index (κ3) is 40.3. The predicted octanol–water partition coefficient (Wildman–Crippen LogP) is 13.8.